The molecule has 0 amide bonds. The van der Waals surface area contributed by atoms with Crippen LogP contribution in [0.3, 0.4) is 0 Å². The fourth-order valence-electron chi connectivity index (χ4n) is 10.3. The molecule has 8 heteroatoms. The molecule has 6 aromatic heterocycles. The van der Waals surface area contributed by atoms with Gasteiger partial charge in [0.1, 0.15) is 11.6 Å². The Morgan fingerprint density at radius 3 is 1.44 bits per heavy atom. The number of hydrogen-bond acceptors (Lipinski definition) is 6. The zero-order valence-corrected chi connectivity index (χ0v) is 37.0. The van der Waals surface area contributed by atoms with Crippen LogP contribution in [-0.2, 0) is 12.8 Å². The molecule has 0 saturated carbocycles. The first-order valence-electron chi connectivity index (χ1n) is 22.3. The van der Waals surface area contributed by atoms with Crippen LogP contribution in [-0.4, -0.2) is 29.1 Å². The summed E-state index contributed by atoms with van der Waals surface area (Å²) < 4.78 is 9.97. The summed E-state index contributed by atoms with van der Waals surface area (Å²) in [5.74, 6) is 2.96. The van der Waals surface area contributed by atoms with E-state index in [2.05, 4.69) is 167 Å². The van der Waals surface area contributed by atoms with E-state index in [1.165, 1.54) is 61.9 Å². The van der Waals surface area contributed by atoms with E-state index in [9.17, 15) is 0 Å². The predicted molar refractivity (Wildman–Crippen MR) is 277 cm³/mol. The molecule has 0 saturated heterocycles. The maximum Gasteiger partial charge on any atom is 0.163 e. The third kappa shape index (κ3) is 5.72. The van der Waals surface area contributed by atoms with Gasteiger partial charge in [-0.05, 0) is 66.6 Å². The minimum absolute atomic E-state index is 0.575. The Labute approximate surface area is 386 Å². The fraction of sp³-hybridized carbons (Fsp3) is 0.0345. The van der Waals surface area contributed by atoms with E-state index in [-0.39, 0.29) is 0 Å². The Balaban J connectivity index is 1.01. The van der Waals surface area contributed by atoms with Gasteiger partial charge in [0.25, 0.3) is 0 Å². The van der Waals surface area contributed by atoms with E-state index in [0.29, 0.717) is 24.5 Å². The molecule has 0 fully saturated rings. The molecular weight excluding hydrogens is 845 g/mol. The summed E-state index contributed by atoms with van der Waals surface area (Å²) in [6, 6.07) is 67.1. The summed E-state index contributed by atoms with van der Waals surface area (Å²) in [6.45, 7) is 0. The van der Waals surface area contributed by atoms with Gasteiger partial charge in [-0.3, -0.25) is 4.57 Å². The number of aromatic nitrogens is 6. The third-order valence-corrected chi connectivity index (χ3v) is 15.4. The zero-order chi connectivity index (χ0) is 43.3. The average molecular weight is 881 g/mol. The SMILES string of the molecule is c1ccc(-c2nc(CCc3cc(-n4c5ccccc5c5c6c(ccc54)sc4ccccc46)cnc3-n3c4ccccc4c4c5c(ccc43)sc3ccccc35)nc(-c3ccccc3)n2)cc1. The smallest absolute Gasteiger partial charge is 0.163 e. The molecular formula is C58H36N6S2. The highest BCUT2D eigenvalue weighted by Crippen LogP contribution is 2.45. The van der Waals surface area contributed by atoms with Gasteiger partial charge in [0.15, 0.2) is 11.6 Å². The van der Waals surface area contributed by atoms with Gasteiger partial charge in [0.2, 0.25) is 0 Å². The number of thiophene rings is 2. The number of fused-ring (bicyclic) bond motifs is 14. The van der Waals surface area contributed by atoms with Crippen LogP contribution in [0.15, 0.2) is 194 Å². The van der Waals surface area contributed by atoms with Crippen molar-refractivity contribution in [3.63, 3.8) is 0 Å². The molecule has 66 heavy (non-hydrogen) atoms. The topological polar surface area (TPSA) is 61.4 Å². The minimum Gasteiger partial charge on any atom is -0.308 e. The second-order valence-corrected chi connectivity index (χ2v) is 19.0. The normalized spacial score (nSPS) is 12.1. The van der Waals surface area contributed by atoms with Crippen molar-refractivity contribution >= 4 is 107 Å². The van der Waals surface area contributed by atoms with Crippen molar-refractivity contribution in [3.8, 4) is 34.3 Å². The number of pyridine rings is 1. The summed E-state index contributed by atoms with van der Waals surface area (Å²) in [4.78, 5) is 20.8. The number of aryl methyl sites for hydroxylation is 2. The first-order valence-corrected chi connectivity index (χ1v) is 23.9. The Morgan fingerprint density at radius 1 is 0.379 bits per heavy atom. The Bertz CT molecular complexity index is 4180. The van der Waals surface area contributed by atoms with E-state index in [4.69, 9.17) is 19.9 Å². The van der Waals surface area contributed by atoms with Crippen LogP contribution in [0, 0.1) is 0 Å². The van der Waals surface area contributed by atoms with Gasteiger partial charge in [0.05, 0.1) is 34.0 Å². The molecule has 14 aromatic rings. The van der Waals surface area contributed by atoms with Crippen molar-refractivity contribution in [2.24, 2.45) is 0 Å². The Kier molecular flexibility index (Phi) is 8.35. The van der Waals surface area contributed by atoms with Gasteiger partial charge < -0.3 is 4.57 Å². The number of para-hydroxylation sites is 2. The lowest BCUT2D eigenvalue weighted by Gasteiger charge is -2.16. The molecule has 8 aromatic carbocycles. The van der Waals surface area contributed by atoms with Gasteiger partial charge in [0, 0.05) is 79.4 Å². The molecule has 0 aliphatic rings. The highest BCUT2D eigenvalue weighted by molar-refractivity contribution is 7.26. The number of hydrogen-bond donors (Lipinski definition) is 0. The third-order valence-electron chi connectivity index (χ3n) is 13.1. The van der Waals surface area contributed by atoms with E-state index in [1.807, 2.05) is 59.1 Å². The molecule has 6 nitrogen and oxygen atoms in total. The highest BCUT2D eigenvalue weighted by Gasteiger charge is 2.23. The van der Waals surface area contributed by atoms with Crippen LogP contribution in [0.1, 0.15) is 11.4 Å². The number of benzene rings is 8. The second-order valence-electron chi connectivity index (χ2n) is 16.9. The van der Waals surface area contributed by atoms with Crippen LogP contribution < -0.4 is 0 Å². The van der Waals surface area contributed by atoms with Gasteiger partial charge in [-0.2, -0.15) is 0 Å². The Hall–Kier alpha value is -8.04. The van der Waals surface area contributed by atoms with Crippen molar-refractivity contribution in [2.45, 2.75) is 12.8 Å². The van der Waals surface area contributed by atoms with Gasteiger partial charge in [-0.1, -0.05) is 133 Å². The average Bonchev–Trinajstić information content (AvgIpc) is 4.14. The fourth-order valence-corrected chi connectivity index (χ4v) is 12.5. The Morgan fingerprint density at radius 2 is 0.864 bits per heavy atom. The molecule has 0 aliphatic heterocycles. The summed E-state index contributed by atoms with van der Waals surface area (Å²) in [5, 5.41) is 10.2. The summed E-state index contributed by atoms with van der Waals surface area (Å²) in [6.07, 6.45) is 3.28. The molecule has 0 unspecified atom stereocenters. The minimum atomic E-state index is 0.575. The summed E-state index contributed by atoms with van der Waals surface area (Å²) >= 11 is 3.72. The summed E-state index contributed by atoms with van der Waals surface area (Å²) in [7, 11) is 0. The van der Waals surface area contributed by atoms with Crippen molar-refractivity contribution in [3.05, 3.63) is 206 Å². The molecule has 0 aliphatic carbocycles. The quantitative estimate of drug-likeness (QED) is 0.160. The molecule has 6 heterocycles. The van der Waals surface area contributed by atoms with Crippen molar-refractivity contribution in [1.82, 2.24) is 29.1 Å². The molecule has 0 bridgehead atoms. The van der Waals surface area contributed by atoms with Crippen LogP contribution in [0.4, 0.5) is 0 Å². The monoisotopic (exact) mass is 880 g/mol. The zero-order valence-electron chi connectivity index (χ0n) is 35.4. The largest absolute Gasteiger partial charge is 0.308 e. The first kappa shape index (κ1) is 37.3. The first-order chi connectivity index (χ1) is 32.7. The van der Waals surface area contributed by atoms with Gasteiger partial charge in [-0.15, -0.1) is 22.7 Å². The lowest BCUT2D eigenvalue weighted by molar-refractivity contribution is 0.831. The second kappa shape index (κ2) is 14.8. The van der Waals surface area contributed by atoms with E-state index < -0.39 is 0 Å². The number of rotatable bonds is 7. The molecule has 0 N–H and O–H groups in total. The van der Waals surface area contributed by atoms with Gasteiger partial charge >= 0.3 is 0 Å². The maximum absolute atomic E-state index is 5.56. The van der Waals surface area contributed by atoms with Crippen LogP contribution >= 0.6 is 22.7 Å². The molecule has 0 spiro atoms. The molecule has 0 radical (unpaired) electrons. The highest BCUT2D eigenvalue weighted by atomic mass is 32.1. The number of nitrogens with zero attached hydrogens (tertiary/aromatic N) is 6. The lowest BCUT2D eigenvalue weighted by atomic mass is 10.1. The molecule has 310 valence electrons. The van der Waals surface area contributed by atoms with Crippen LogP contribution in [0.25, 0.3) is 118 Å². The standard InChI is InChI=1S/C58H36N6S2/c1-3-15-35(16-4-1)56-60-51(61-57(62-56)36-17-5-2-6-18-36)32-27-37-33-38(63-43-23-11-7-19-39(43)52-45(63)28-30-49-54(52)41-21-9-13-25-47(41)65-49)34-59-58(37)64-44-24-12-8-20-40(44)53-46(64)29-31-50-55(53)42-22-10-14-26-48(42)66-50/h1-26,28-31,33-34H,27,32H2. The van der Waals surface area contributed by atoms with E-state index in [1.54, 1.807) is 0 Å². The van der Waals surface area contributed by atoms with Crippen LogP contribution in [0.2, 0.25) is 0 Å². The molecule has 0 atom stereocenters. The summed E-state index contributed by atoms with van der Waals surface area (Å²) in [5.41, 5.74) is 8.59. The van der Waals surface area contributed by atoms with Crippen molar-refractivity contribution in [2.75, 3.05) is 0 Å². The predicted octanol–water partition coefficient (Wildman–Crippen LogP) is 15.3. The lowest BCUT2D eigenvalue weighted by Crippen LogP contribution is -2.09. The van der Waals surface area contributed by atoms with E-state index in [0.717, 1.165) is 56.1 Å². The van der Waals surface area contributed by atoms with Crippen molar-refractivity contribution in [1.29, 1.82) is 0 Å². The maximum atomic E-state index is 5.56. The van der Waals surface area contributed by atoms with Crippen LogP contribution in [0.5, 0.6) is 0 Å². The van der Waals surface area contributed by atoms with Gasteiger partial charge in [-0.25, -0.2) is 19.9 Å². The van der Waals surface area contributed by atoms with Crippen molar-refractivity contribution < 1.29 is 0 Å². The molecule has 14 rings (SSSR count). The van der Waals surface area contributed by atoms with E-state index >= 15 is 0 Å².